The molecule has 5 rings (SSSR count). The fraction of sp³-hybridized carbons (Fsp3) is 0.238. The average Bonchev–Trinajstić information content (AvgIpc) is 3.48. The lowest BCUT2D eigenvalue weighted by Gasteiger charge is -2.22. The van der Waals surface area contributed by atoms with Crippen LogP contribution in [0.2, 0.25) is 10.0 Å². The first-order chi connectivity index (χ1) is 15.5. The number of nitrogens with one attached hydrogen (secondary N) is 1. The summed E-state index contributed by atoms with van der Waals surface area (Å²) in [5, 5.41) is 15.9. The van der Waals surface area contributed by atoms with Crippen LogP contribution in [-0.2, 0) is 0 Å². The van der Waals surface area contributed by atoms with Crippen molar-refractivity contribution in [2.45, 2.75) is 18.9 Å². The Labute approximate surface area is 192 Å². The highest BCUT2D eigenvalue weighted by Gasteiger charge is 2.21. The van der Waals surface area contributed by atoms with Gasteiger partial charge < -0.3 is 15.5 Å². The molecule has 4 aromatic rings. The Kier molecular flexibility index (Phi) is 5.54. The molecule has 3 N–H and O–H groups in total. The van der Waals surface area contributed by atoms with Crippen molar-refractivity contribution in [1.82, 2.24) is 30.3 Å². The first-order valence-corrected chi connectivity index (χ1v) is 10.8. The zero-order valence-corrected chi connectivity index (χ0v) is 18.2. The van der Waals surface area contributed by atoms with Gasteiger partial charge in [-0.1, -0.05) is 23.2 Å². The fourth-order valence-electron chi connectivity index (χ4n) is 3.72. The lowest BCUT2D eigenvalue weighted by molar-refractivity contribution is 0.343. The molecule has 32 heavy (non-hydrogen) atoms. The van der Waals surface area contributed by atoms with E-state index in [0.717, 1.165) is 37.1 Å². The monoisotopic (exact) mass is 473 g/mol. The number of anilines is 1. The molecule has 0 amide bonds. The summed E-state index contributed by atoms with van der Waals surface area (Å²) >= 11 is 12.2. The number of rotatable bonds is 4. The van der Waals surface area contributed by atoms with Gasteiger partial charge in [0.25, 0.3) is 11.8 Å². The molecule has 1 fully saturated rings. The number of nitrogens with two attached hydrogens (primary N) is 1. The fourth-order valence-corrected chi connectivity index (χ4v) is 4.25. The van der Waals surface area contributed by atoms with Crippen LogP contribution < -0.4 is 11.1 Å². The van der Waals surface area contributed by atoms with Crippen LogP contribution in [0.5, 0.6) is 0 Å². The van der Waals surface area contributed by atoms with Crippen LogP contribution in [0.3, 0.4) is 0 Å². The molecule has 0 saturated carbocycles. The van der Waals surface area contributed by atoms with Crippen molar-refractivity contribution in [3.05, 3.63) is 52.7 Å². The summed E-state index contributed by atoms with van der Waals surface area (Å²) in [5.74, 6) is -0.321. The van der Waals surface area contributed by atoms with Gasteiger partial charge in [-0.15, -0.1) is 10.2 Å². The standard InChI is InChI=1S/C21H18Cl2FN7O/c22-15-1-2-16(24)18(23)17(15)21-30-29-20(32-21)14-7-11(8-27-19(14)25)12-9-28-31(10-12)13-3-5-26-6-4-13/h1-2,7-10,13,26H,3-6H2,(H2,25,27). The number of aromatic nitrogens is 5. The number of nitrogens with zero attached hydrogens (tertiary/aromatic N) is 5. The molecule has 4 heterocycles. The Hall–Kier alpha value is -3.01. The lowest BCUT2D eigenvalue weighted by atomic mass is 10.1. The molecule has 0 bridgehead atoms. The van der Waals surface area contributed by atoms with Crippen molar-refractivity contribution in [3.8, 4) is 34.0 Å². The van der Waals surface area contributed by atoms with E-state index in [1.165, 1.54) is 12.1 Å². The van der Waals surface area contributed by atoms with Crippen molar-refractivity contribution in [3.63, 3.8) is 0 Å². The van der Waals surface area contributed by atoms with Crippen LogP contribution in [-0.4, -0.2) is 38.1 Å². The summed E-state index contributed by atoms with van der Waals surface area (Å²) in [6.45, 7) is 1.96. The molecule has 1 aliphatic heterocycles. The van der Waals surface area contributed by atoms with Gasteiger partial charge in [-0.25, -0.2) is 9.37 Å². The summed E-state index contributed by atoms with van der Waals surface area (Å²) in [5.41, 5.74) is 8.34. The summed E-state index contributed by atoms with van der Waals surface area (Å²) in [7, 11) is 0. The molecule has 11 heteroatoms. The Morgan fingerprint density at radius 3 is 2.69 bits per heavy atom. The molecule has 164 valence electrons. The van der Waals surface area contributed by atoms with Crippen molar-refractivity contribution in [2.75, 3.05) is 18.8 Å². The van der Waals surface area contributed by atoms with Crippen molar-refractivity contribution < 1.29 is 8.81 Å². The van der Waals surface area contributed by atoms with Crippen molar-refractivity contribution >= 4 is 29.0 Å². The molecule has 0 spiro atoms. The number of piperidine rings is 1. The molecular formula is C21H18Cl2FN7O. The maximum Gasteiger partial charge on any atom is 0.251 e. The van der Waals surface area contributed by atoms with E-state index < -0.39 is 5.82 Å². The zero-order valence-electron chi connectivity index (χ0n) is 16.7. The molecule has 1 saturated heterocycles. The first kappa shape index (κ1) is 20.9. The number of hydrogen-bond donors (Lipinski definition) is 2. The van der Waals surface area contributed by atoms with E-state index in [1.807, 2.05) is 10.9 Å². The predicted molar refractivity (Wildman–Crippen MR) is 120 cm³/mol. The van der Waals surface area contributed by atoms with Crippen LogP contribution in [0, 0.1) is 5.82 Å². The SMILES string of the molecule is Nc1ncc(-c2cnn(C3CCNCC3)c2)cc1-c1nnc(-c2c(Cl)ccc(F)c2Cl)o1. The van der Waals surface area contributed by atoms with E-state index in [4.69, 9.17) is 33.4 Å². The zero-order chi connectivity index (χ0) is 22.2. The van der Waals surface area contributed by atoms with Crippen LogP contribution >= 0.6 is 23.2 Å². The Balaban J connectivity index is 1.48. The molecule has 0 radical (unpaired) electrons. The second-order valence-corrected chi connectivity index (χ2v) is 8.26. The van der Waals surface area contributed by atoms with Gasteiger partial charge in [0.15, 0.2) is 0 Å². The normalized spacial score (nSPS) is 14.7. The van der Waals surface area contributed by atoms with Crippen LogP contribution in [0.4, 0.5) is 10.2 Å². The minimum absolute atomic E-state index is 0.0157. The molecule has 8 nitrogen and oxygen atoms in total. The number of hydrogen-bond acceptors (Lipinski definition) is 7. The quantitative estimate of drug-likeness (QED) is 0.416. The van der Waals surface area contributed by atoms with Gasteiger partial charge in [0.05, 0.1) is 33.4 Å². The largest absolute Gasteiger partial charge is 0.416 e. The van der Waals surface area contributed by atoms with Gasteiger partial charge in [0.2, 0.25) is 0 Å². The second kappa shape index (κ2) is 8.50. The second-order valence-electron chi connectivity index (χ2n) is 7.48. The molecule has 0 unspecified atom stereocenters. The summed E-state index contributed by atoms with van der Waals surface area (Å²) in [6, 6.07) is 4.71. The third-order valence-corrected chi connectivity index (χ3v) is 6.13. The maximum atomic E-state index is 13.9. The van der Waals surface area contributed by atoms with E-state index in [9.17, 15) is 4.39 Å². The molecule has 0 atom stereocenters. The Bertz CT molecular complexity index is 1280. The number of halogens is 3. The van der Waals surface area contributed by atoms with Crippen molar-refractivity contribution in [2.24, 2.45) is 0 Å². The van der Waals surface area contributed by atoms with Gasteiger partial charge in [0.1, 0.15) is 11.6 Å². The maximum absolute atomic E-state index is 13.9. The van der Waals surface area contributed by atoms with Gasteiger partial charge in [0, 0.05) is 23.5 Å². The highest BCUT2D eigenvalue weighted by Crippen LogP contribution is 2.37. The van der Waals surface area contributed by atoms with E-state index in [2.05, 4.69) is 25.6 Å². The highest BCUT2D eigenvalue weighted by atomic mass is 35.5. The van der Waals surface area contributed by atoms with Gasteiger partial charge >= 0.3 is 0 Å². The first-order valence-electron chi connectivity index (χ1n) is 10.00. The molecular weight excluding hydrogens is 456 g/mol. The molecule has 3 aromatic heterocycles. The van der Waals surface area contributed by atoms with E-state index in [0.29, 0.717) is 11.6 Å². The van der Waals surface area contributed by atoms with Crippen LogP contribution in [0.1, 0.15) is 18.9 Å². The van der Waals surface area contributed by atoms with E-state index in [1.54, 1.807) is 18.5 Å². The Morgan fingerprint density at radius 1 is 1.09 bits per heavy atom. The molecule has 1 aliphatic rings. The van der Waals surface area contributed by atoms with Gasteiger partial charge in [-0.2, -0.15) is 5.10 Å². The number of nitrogen functional groups attached to an aromatic ring is 1. The van der Waals surface area contributed by atoms with Gasteiger partial charge in [-0.3, -0.25) is 4.68 Å². The van der Waals surface area contributed by atoms with Crippen LogP contribution in [0.25, 0.3) is 34.0 Å². The predicted octanol–water partition coefficient (Wildman–Crippen LogP) is 4.61. The van der Waals surface area contributed by atoms with E-state index in [-0.39, 0.29) is 33.2 Å². The highest BCUT2D eigenvalue weighted by molar-refractivity contribution is 6.39. The minimum Gasteiger partial charge on any atom is -0.416 e. The summed E-state index contributed by atoms with van der Waals surface area (Å²) in [6.07, 6.45) is 7.52. The molecule has 0 aliphatic carbocycles. The lowest BCUT2D eigenvalue weighted by Crippen LogP contribution is -2.29. The molecule has 1 aromatic carbocycles. The summed E-state index contributed by atoms with van der Waals surface area (Å²) in [4.78, 5) is 4.28. The minimum atomic E-state index is -0.639. The Morgan fingerprint density at radius 2 is 1.88 bits per heavy atom. The average molecular weight is 474 g/mol. The smallest absolute Gasteiger partial charge is 0.251 e. The summed E-state index contributed by atoms with van der Waals surface area (Å²) < 4.78 is 21.6. The van der Waals surface area contributed by atoms with Gasteiger partial charge in [-0.05, 0) is 44.1 Å². The number of pyridine rings is 1. The number of benzene rings is 1. The third kappa shape index (κ3) is 3.83. The van der Waals surface area contributed by atoms with Crippen molar-refractivity contribution in [1.29, 1.82) is 0 Å². The topological polar surface area (TPSA) is 108 Å². The van der Waals surface area contributed by atoms with Crippen LogP contribution in [0.15, 0.2) is 41.2 Å². The third-order valence-electron chi connectivity index (χ3n) is 5.45. The van der Waals surface area contributed by atoms with E-state index >= 15 is 0 Å².